The molecule has 2 aliphatic heterocycles. The Balaban J connectivity index is 1.40. The molecule has 0 N–H and O–H groups in total. The highest BCUT2D eigenvalue weighted by Gasteiger charge is 2.36. The Labute approximate surface area is 211 Å². The van der Waals surface area contributed by atoms with Crippen molar-refractivity contribution in [1.82, 2.24) is 24.1 Å². The molecule has 0 aliphatic carbocycles. The summed E-state index contributed by atoms with van der Waals surface area (Å²) in [7, 11) is 1.60. The molecule has 0 unspecified atom stereocenters. The molecule has 0 atom stereocenters. The van der Waals surface area contributed by atoms with E-state index < -0.39 is 5.92 Å². The molecule has 6 rings (SSSR count). The summed E-state index contributed by atoms with van der Waals surface area (Å²) in [5.41, 5.74) is 3.16. The molecule has 1 fully saturated rings. The van der Waals surface area contributed by atoms with Gasteiger partial charge in [-0.05, 0) is 24.3 Å². The van der Waals surface area contributed by atoms with Crippen molar-refractivity contribution in [3.8, 4) is 0 Å². The van der Waals surface area contributed by atoms with E-state index in [1.165, 1.54) is 20.2 Å². The maximum atomic E-state index is 13.6. The summed E-state index contributed by atoms with van der Waals surface area (Å²) in [5.74, 6) is -2.38. The Morgan fingerprint density at radius 3 is 2.43 bits per heavy atom. The minimum absolute atomic E-state index is 0.0148. The summed E-state index contributed by atoms with van der Waals surface area (Å²) in [5, 5.41) is 4.29. The zero-order chi connectivity index (χ0) is 25.7. The smallest absolute Gasteiger partial charge is 0.338 e. The quantitative estimate of drug-likeness (QED) is 0.424. The molecular formula is C26H25F2N7O2. The van der Waals surface area contributed by atoms with Crippen LogP contribution in [0.1, 0.15) is 23.2 Å². The number of nitrogens with zero attached hydrogens (tertiary/aromatic N) is 7. The number of rotatable bonds is 3. The number of anilines is 4. The topological polar surface area (TPSA) is 79.0 Å². The van der Waals surface area contributed by atoms with E-state index in [1.807, 2.05) is 47.4 Å². The first-order valence-corrected chi connectivity index (χ1v) is 12.1. The monoisotopic (exact) mass is 505 g/mol. The highest BCUT2D eigenvalue weighted by Crippen LogP contribution is 2.40. The van der Waals surface area contributed by atoms with Crippen molar-refractivity contribution >= 4 is 34.4 Å². The van der Waals surface area contributed by atoms with Crippen LogP contribution in [0.2, 0.25) is 0 Å². The lowest BCUT2D eigenvalue weighted by atomic mass is 10.1. The second kappa shape index (κ2) is 8.68. The molecule has 11 heteroatoms. The number of carbonyl (C=O) groups is 1. The predicted molar refractivity (Wildman–Crippen MR) is 135 cm³/mol. The number of alkyl halides is 2. The second-order valence-corrected chi connectivity index (χ2v) is 9.37. The number of halogens is 2. The zero-order valence-corrected chi connectivity index (χ0v) is 20.2. The van der Waals surface area contributed by atoms with Gasteiger partial charge in [-0.3, -0.25) is 9.20 Å². The molecule has 0 radical (unpaired) electrons. The Bertz CT molecular complexity index is 1540. The molecule has 0 saturated carbocycles. The van der Waals surface area contributed by atoms with Crippen molar-refractivity contribution in [2.45, 2.75) is 18.8 Å². The average molecular weight is 506 g/mol. The standard InChI is InChI=1S/C26H25F2N7O2/c1-31-25(37)35-10-7-20(16-22(35)30-31)34-14-13-33(19-5-3-2-4-6-19)21-15-18(17-29-23(21)34)24(36)32-11-8-26(27,28)9-12-32/h2-7,10,15-17H,8-9,11-14H2,1H3. The molecular weight excluding hydrogens is 480 g/mol. The van der Waals surface area contributed by atoms with Crippen molar-refractivity contribution in [3.63, 3.8) is 0 Å². The normalized spacial score (nSPS) is 17.2. The van der Waals surface area contributed by atoms with Crippen molar-refractivity contribution in [2.24, 2.45) is 7.05 Å². The fourth-order valence-electron chi connectivity index (χ4n) is 4.98. The molecule has 37 heavy (non-hydrogen) atoms. The first-order valence-electron chi connectivity index (χ1n) is 12.1. The van der Waals surface area contributed by atoms with Crippen molar-refractivity contribution < 1.29 is 13.6 Å². The summed E-state index contributed by atoms with van der Waals surface area (Å²) < 4.78 is 30.1. The Morgan fingerprint density at radius 1 is 0.946 bits per heavy atom. The Kier molecular flexibility index (Phi) is 5.43. The number of hydrogen-bond acceptors (Lipinski definition) is 6. The first kappa shape index (κ1) is 23.1. The van der Waals surface area contributed by atoms with Crippen molar-refractivity contribution in [3.05, 3.63) is 77.0 Å². The number of aryl methyl sites for hydroxylation is 1. The van der Waals surface area contributed by atoms with Gasteiger partial charge in [0.15, 0.2) is 11.5 Å². The maximum Gasteiger partial charge on any atom is 0.350 e. The highest BCUT2D eigenvalue weighted by atomic mass is 19.3. The van der Waals surface area contributed by atoms with Gasteiger partial charge in [0, 0.05) is 75.9 Å². The molecule has 0 bridgehead atoms. The first-order chi connectivity index (χ1) is 17.8. The number of para-hydroxylation sites is 1. The van der Waals surface area contributed by atoms with Gasteiger partial charge in [-0.1, -0.05) is 18.2 Å². The minimum Gasteiger partial charge on any atom is -0.338 e. The largest absolute Gasteiger partial charge is 0.350 e. The number of fused-ring (bicyclic) bond motifs is 2. The number of amides is 1. The van der Waals surface area contributed by atoms with Gasteiger partial charge in [0.1, 0.15) is 0 Å². The summed E-state index contributed by atoms with van der Waals surface area (Å²) >= 11 is 0. The van der Waals surface area contributed by atoms with Crippen LogP contribution in [-0.2, 0) is 7.05 Å². The van der Waals surface area contributed by atoms with Crippen LogP contribution in [0.15, 0.2) is 65.7 Å². The Hall–Kier alpha value is -4.28. The molecule has 9 nitrogen and oxygen atoms in total. The van der Waals surface area contributed by atoms with E-state index in [-0.39, 0.29) is 37.5 Å². The molecule has 5 heterocycles. The number of carbonyl (C=O) groups excluding carboxylic acids is 1. The molecule has 4 aromatic rings. The van der Waals surface area contributed by atoms with Gasteiger partial charge in [-0.2, -0.15) is 5.10 Å². The van der Waals surface area contributed by atoms with E-state index in [0.29, 0.717) is 30.1 Å². The van der Waals surface area contributed by atoms with Gasteiger partial charge in [0.2, 0.25) is 0 Å². The van der Waals surface area contributed by atoms with Crippen LogP contribution in [0.25, 0.3) is 5.65 Å². The average Bonchev–Trinajstić information content (AvgIpc) is 3.20. The predicted octanol–water partition coefficient (Wildman–Crippen LogP) is 3.59. The van der Waals surface area contributed by atoms with E-state index >= 15 is 0 Å². The minimum atomic E-state index is -2.73. The summed E-state index contributed by atoms with van der Waals surface area (Å²) in [6, 6.07) is 15.3. The lowest BCUT2D eigenvalue weighted by Crippen LogP contribution is -2.43. The third kappa shape index (κ3) is 4.09. The molecule has 1 amide bonds. The van der Waals surface area contributed by atoms with Crippen LogP contribution < -0.4 is 15.5 Å². The van der Waals surface area contributed by atoms with Crippen molar-refractivity contribution in [1.29, 1.82) is 0 Å². The third-order valence-electron chi connectivity index (χ3n) is 7.00. The van der Waals surface area contributed by atoms with E-state index in [9.17, 15) is 18.4 Å². The number of benzene rings is 1. The SMILES string of the molecule is Cn1nc2cc(N3CCN(c4ccccc4)c4cc(C(=O)N5CCC(F)(F)CC5)cnc43)ccn2c1=O. The summed E-state index contributed by atoms with van der Waals surface area (Å²) in [6.07, 6.45) is 2.53. The fraction of sp³-hybridized carbons (Fsp3) is 0.308. The summed E-state index contributed by atoms with van der Waals surface area (Å²) in [4.78, 5) is 35.8. The fourth-order valence-corrected chi connectivity index (χ4v) is 4.98. The van der Waals surface area contributed by atoms with E-state index in [2.05, 4.69) is 10.00 Å². The van der Waals surface area contributed by atoms with Crippen LogP contribution in [0.3, 0.4) is 0 Å². The number of hydrogen-bond donors (Lipinski definition) is 0. The zero-order valence-electron chi connectivity index (χ0n) is 20.2. The lowest BCUT2D eigenvalue weighted by molar-refractivity contribution is -0.0494. The molecule has 1 aromatic carbocycles. The number of pyridine rings is 2. The van der Waals surface area contributed by atoms with Crippen LogP contribution >= 0.6 is 0 Å². The van der Waals surface area contributed by atoms with E-state index in [1.54, 1.807) is 19.3 Å². The van der Waals surface area contributed by atoms with Gasteiger partial charge in [-0.25, -0.2) is 23.2 Å². The van der Waals surface area contributed by atoms with Crippen LogP contribution in [0.5, 0.6) is 0 Å². The lowest BCUT2D eigenvalue weighted by Gasteiger charge is -2.38. The molecule has 3 aromatic heterocycles. The van der Waals surface area contributed by atoms with E-state index in [4.69, 9.17) is 4.98 Å². The van der Waals surface area contributed by atoms with Gasteiger partial charge in [-0.15, -0.1) is 0 Å². The second-order valence-electron chi connectivity index (χ2n) is 9.37. The van der Waals surface area contributed by atoms with Crippen molar-refractivity contribution in [2.75, 3.05) is 36.0 Å². The van der Waals surface area contributed by atoms with E-state index in [0.717, 1.165) is 17.1 Å². The van der Waals surface area contributed by atoms with Gasteiger partial charge in [0.25, 0.3) is 11.8 Å². The Morgan fingerprint density at radius 2 is 1.68 bits per heavy atom. The molecule has 2 aliphatic rings. The number of aromatic nitrogens is 4. The number of piperidine rings is 1. The van der Waals surface area contributed by atoms with Crippen LogP contribution in [-0.4, -0.2) is 62.1 Å². The van der Waals surface area contributed by atoms with Gasteiger partial charge in [0.05, 0.1) is 11.3 Å². The van der Waals surface area contributed by atoms with Crippen LogP contribution in [0.4, 0.5) is 31.7 Å². The summed E-state index contributed by atoms with van der Waals surface area (Å²) in [6.45, 7) is 1.25. The molecule has 1 saturated heterocycles. The highest BCUT2D eigenvalue weighted by molar-refractivity contribution is 5.97. The number of likely N-dealkylation sites (tertiary alicyclic amines) is 1. The third-order valence-corrected chi connectivity index (χ3v) is 7.00. The van der Waals surface area contributed by atoms with Gasteiger partial charge >= 0.3 is 5.69 Å². The van der Waals surface area contributed by atoms with Gasteiger partial charge < -0.3 is 14.7 Å². The molecule has 0 spiro atoms. The molecule has 190 valence electrons. The maximum absolute atomic E-state index is 13.6. The van der Waals surface area contributed by atoms with Crippen LogP contribution in [0, 0.1) is 0 Å².